The maximum Gasteiger partial charge on any atom is 0.338 e. The lowest BCUT2D eigenvalue weighted by atomic mass is 9.48. The van der Waals surface area contributed by atoms with Crippen LogP contribution in [0.3, 0.4) is 0 Å². The fourth-order valence-electron chi connectivity index (χ4n) is 12.7. The molecule has 12 unspecified atom stereocenters. The van der Waals surface area contributed by atoms with Gasteiger partial charge in [-0.25, -0.2) is 9.59 Å². The third-order valence-electron chi connectivity index (χ3n) is 15.9. The van der Waals surface area contributed by atoms with E-state index in [0.29, 0.717) is 63.9 Å². The van der Waals surface area contributed by atoms with Crippen molar-refractivity contribution in [1.29, 1.82) is 0 Å². The van der Waals surface area contributed by atoms with E-state index in [2.05, 4.69) is 33.8 Å². The number of carbonyl (C=O) groups is 1. The van der Waals surface area contributed by atoms with Crippen molar-refractivity contribution in [1.82, 2.24) is 0 Å². The summed E-state index contributed by atoms with van der Waals surface area (Å²) in [5, 5.41) is 11.1. The Morgan fingerprint density at radius 1 is 0.964 bits per heavy atom. The summed E-state index contributed by atoms with van der Waals surface area (Å²) in [6.45, 7) is 14.4. The molecule has 3 aliphatic heterocycles. The first-order valence-electron chi connectivity index (χ1n) is 21.4. The smallest absolute Gasteiger partial charge is 0.338 e. The van der Waals surface area contributed by atoms with Crippen LogP contribution in [0.2, 0.25) is 0 Å². The lowest BCUT2D eigenvalue weighted by Gasteiger charge is -2.57. The third kappa shape index (κ3) is 6.28. The molecule has 8 heteroatoms. The highest BCUT2D eigenvalue weighted by Gasteiger charge is 2.68. The predicted molar refractivity (Wildman–Crippen MR) is 214 cm³/mol. The molecule has 0 radical (unpaired) electrons. The molecule has 12 atom stereocenters. The number of aliphatic hydroxyl groups is 1. The zero-order valence-corrected chi connectivity index (χ0v) is 34.1. The van der Waals surface area contributed by atoms with Crippen LogP contribution in [0.15, 0.2) is 75.5 Å². The minimum absolute atomic E-state index is 0.0661. The summed E-state index contributed by atoms with van der Waals surface area (Å²) in [5.74, 6) is 3.95. The second-order valence-corrected chi connectivity index (χ2v) is 19.6. The number of aliphatic hydroxyl groups excluding tert-OH is 1. The minimum Gasteiger partial charge on any atom is -0.485 e. The Balaban J connectivity index is 0.000000148. The zero-order valence-electron chi connectivity index (χ0n) is 34.1. The number of fused-ring (bicyclic) bond motifs is 9. The molecule has 2 aromatic carbocycles. The van der Waals surface area contributed by atoms with E-state index in [1.54, 1.807) is 42.0 Å². The standard InChI is InChI=1S/C27H42O3.C21H18O5/c1-16-7-12-27(29-15-16)17(2)24-23(30-27)14-22-20-6-5-18-13-19(28)8-10-25(18,3)21(20)9-11-26(22,24)4;1-21(2,26-20(23)13-6-4-3-5-7-13)18-11-15-10-14-8-9-19(22)25-16(14)12-17(15)24-18/h9,16-20,22-24,28H,5-8,10-15H2,1-4H3;3-10,12,18H,11H2,1-2H3. The Labute approximate surface area is 331 Å². The number of hydrogen-bond donors (Lipinski definition) is 1. The van der Waals surface area contributed by atoms with Gasteiger partial charge in [0.15, 0.2) is 5.79 Å². The second kappa shape index (κ2) is 13.8. The molecule has 56 heavy (non-hydrogen) atoms. The summed E-state index contributed by atoms with van der Waals surface area (Å²) in [6, 6.07) is 15.7. The molecule has 8 nitrogen and oxygen atoms in total. The summed E-state index contributed by atoms with van der Waals surface area (Å²) in [6.07, 6.45) is 13.9. The molecule has 3 saturated carbocycles. The highest BCUT2D eigenvalue weighted by atomic mass is 16.7. The third-order valence-corrected chi connectivity index (χ3v) is 15.9. The molecule has 10 rings (SSSR count). The van der Waals surface area contributed by atoms with Gasteiger partial charge in [0.25, 0.3) is 0 Å². The van der Waals surface area contributed by atoms with Gasteiger partial charge in [0.1, 0.15) is 23.0 Å². The number of allylic oxidation sites excluding steroid dienone is 2. The number of esters is 1. The SMILES string of the molecule is CC(C)(OC(=O)c1ccccc1)C1Cc2cc3ccc(=O)oc3cc2O1.CC1CCC2(OC1)OC1CC3C4CCC5CC(O)CCC5(C)C4=CCC3(C)C1C2C. The lowest BCUT2D eigenvalue weighted by molar-refractivity contribution is -0.272. The Bertz CT molecular complexity index is 2060. The highest BCUT2D eigenvalue weighted by molar-refractivity contribution is 5.89. The van der Waals surface area contributed by atoms with E-state index in [4.69, 9.17) is 23.4 Å². The molecule has 4 heterocycles. The molecular weight excluding hydrogens is 705 g/mol. The first-order valence-corrected chi connectivity index (χ1v) is 21.4. The summed E-state index contributed by atoms with van der Waals surface area (Å²) in [5.41, 5.74) is 3.23. The number of rotatable bonds is 3. The van der Waals surface area contributed by atoms with Crippen LogP contribution < -0.4 is 10.4 Å². The van der Waals surface area contributed by atoms with E-state index in [0.717, 1.165) is 48.7 Å². The lowest BCUT2D eigenvalue weighted by Crippen LogP contribution is -2.50. The average Bonchev–Trinajstić information content (AvgIpc) is 3.82. The second-order valence-electron chi connectivity index (χ2n) is 19.6. The van der Waals surface area contributed by atoms with E-state index in [-0.39, 0.29) is 24.0 Å². The van der Waals surface area contributed by atoms with Crippen LogP contribution in [-0.2, 0) is 20.6 Å². The molecule has 300 valence electrons. The topological polar surface area (TPSA) is 104 Å². The molecule has 0 bridgehead atoms. The van der Waals surface area contributed by atoms with E-state index in [1.807, 2.05) is 26.0 Å². The Morgan fingerprint density at radius 3 is 2.54 bits per heavy atom. The van der Waals surface area contributed by atoms with Crippen LogP contribution in [-0.4, -0.2) is 47.4 Å². The quantitative estimate of drug-likeness (QED) is 0.160. The Hall–Kier alpha value is -3.46. The van der Waals surface area contributed by atoms with Gasteiger partial charge in [0.05, 0.1) is 24.4 Å². The van der Waals surface area contributed by atoms with Crippen molar-refractivity contribution in [2.24, 2.45) is 46.3 Å². The number of hydrogen-bond acceptors (Lipinski definition) is 8. The highest BCUT2D eigenvalue weighted by Crippen LogP contribution is 2.70. The fourth-order valence-corrected chi connectivity index (χ4v) is 12.7. The largest absolute Gasteiger partial charge is 0.485 e. The van der Waals surface area contributed by atoms with E-state index in [1.165, 1.54) is 44.6 Å². The summed E-state index contributed by atoms with van der Waals surface area (Å²) in [7, 11) is 0. The van der Waals surface area contributed by atoms with Gasteiger partial charge in [-0.3, -0.25) is 0 Å². The Morgan fingerprint density at radius 2 is 1.77 bits per heavy atom. The van der Waals surface area contributed by atoms with Crippen molar-refractivity contribution >= 4 is 16.9 Å². The molecule has 4 aliphatic carbocycles. The van der Waals surface area contributed by atoms with Gasteiger partial charge in [-0.2, -0.15) is 0 Å². The molecule has 2 saturated heterocycles. The molecule has 5 fully saturated rings. The van der Waals surface area contributed by atoms with Gasteiger partial charge in [-0.1, -0.05) is 57.5 Å². The maximum atomic E-state index is 12.4. The van der Waals surface area contributed by atoms with Crippen molar-refractivity contribution < 1.29 is 33.3 Å². The van der Waals surface area contributed by atoms with Crippen LogP contribution in [0.25, 0.3) is 11.0 Å². The predicted octanol–water partition coefficient (Wildman–Crippen LogP) is 9.45. The minimum atomic E-state index is -0.820. The first-order chi connectivity index (χ1) is 26.7. The van der Waals surface area contributed by atoms with Gasteiger partial charge in [0, 0.05) is 36.3 Å². The average molecular weight is 765 g/mol. The number of ether oxygens (including phenoxy) is 4. The van der Waals surface area contributed by atoms with Gasteiger partial charge in [0.2, 0.25) is 0 Å². The van der Waals surface area contributed by atoms with Crippen LogP contribution in [0.4, 0.5) is 0 Å². The molecule has 7 aliphatic rings. The van der Waals surface area contributed by atoms with Crippen molar-refractivity contribution in [2.75, 3.05) is 6.61 Å². The van der Waals surface area contributed by atoms with Crippen molar-refractivity contribution in [3.05, 3.63) is 87.8 Å². The molecule has 0 amide bonds. The van der Waals surface area contributed by atoms with Gasteiger partial charge in [-0.15, -0.1) is 0 Å². The zero-order chi connectivity index (χ0) is 39.2. The number of benzene rings is 2. The van der Waals surface area contributed by atoms with Gasteiger partial charge >= 0.3 is 11.6 Å². The molecule has 3 aromatic rings. The van der Waals surface area contributed by atoms with Crippen molar-refractivity contribution in [2.45, 2.75) is 135 Å². The maximum absolute atomic E-state index is 12.4. The van der Waals surface area contributed by atoms with E-state index in [9.17, 15) is 14.7 Å². The summed E-state index contributed by atoms with van der Waals surface area (Å²) < 4.78 is 30.3. The van der Waals surface area contributed by atoms with Gasteiger partial charge < -0.3 is 28.5 Å². The van der Waals surface area contributed by atoms with Crippen LogP contribution in [0.5, 0.6) is 5.75 Å². The molecular formula is C48H60O8. The Kier molecular flexibility index (Phi) is 9.41. The van der Waals surface area contributed by atoms with Gasteiger partial charge in [-0.05, 0) is 135 Å². The molecule has 1 spiro atoms. The summed E-state index contributed by atoms with van der Waals surface area (Å²) in [4.78, 5) is 23.8. The molecule has 1 aromatic heterocycles. The van der Waals surface area contributed by atoms with Crippen LogP contribution >= 0.6 is 0 Å². The van der Waals surface area contributed by atoms with Crippen molar-refractivity contribution in [3.8, 4) is 5.75 Å². The first kappa shape index (κ1) is 38.1. The number of carbonyl (C=O) groups excluding carboxylic acids is 1. The van der Waals surface area contributed by atoms with Crippen LogP contribution in [0, 0.1) is 46.3 Å². The van der Waals surface area contributed by atoms with Crippen LogP contribution in [0.1, 0.15) is 115 Å². The molecule has 1 N–H and O–H groups in total. The fraction of sp³-hybridized carbons (Fsp3) is 0.625. The van der Waals surface area contributed by atoms with E-state index >= 15 is 0 Å². The van der Waals surface area contributed by atoms with E-state index < -0.39 is 11.2 Å². The monoisotopic (exact) mass is 764 g/mol. The normalized spacial score (nSPS) is 39.6. The summed E-state index contributed by atoms with van der Waals surface area (Å²) >= 11 is 0. The van der Waals surface area contributed by atoms with Crippen molar-refractivity contribution in [3.63, 3.8) is 0 Å².